The standard InChI is InChI=1S/C17H19N3/c1-3-13-7-9-14(10-8-13)12(2)19-16-6-4-5-15-11-18-20-17(15)16/h4-12,19H,3H2,1-2H3,(H,18,20). The van der Waals surface area contributed by atoms with Gasteiger partial charge in [0.2, 0.25) is 0 Å². The first-order valence-electron chi connectivity index (χ1n) is 7.05. The van der Waals surface area contributed by atoms with E-state index in [0.29, 0.717) is 0 Å². The van der Waals surface area contributed by atoms with Crippen LogP contribution in [-0.2, 0) is 6.42 Å². The fraction of sp³-hybridized carbons (Fsp3) is 0.235. The first-order valence-corrected chi connectivity index (χ1v) is 7.05. The van der Waals surface area contributed by atoms with Gasteiger partial charge in [-0.15, -0.1) is 0 Å². The van der Waals surface area contributed by atoms with E-state index in [9.17, 15) is 0 Å². The molecular formula is C17H19N3. The molecule has 0 spiro atoms. The lowest BCUT2D eigenvalue weighted by Gasteiger charge is -2.16. The Bertz CT molecular complexity index is 698. The lowest BCUT2D eigenvalue weighted by Crippen LogP contribution is -2.07. The van der Waals surface area contributed by atoms with E-state index < -0.39 is 0 Å². The Kier molecular flexibility index (Phi) is 3.42. The molecule has 0 amide bonds. The summed E-state index contributed by atoms with van der Waals surface area (Å²) in [6.07, 6.45) is 2.93. The zero-order valence-corrected chi connectivity index (χ0v) is 11.9. The SMILES string of the molecule is CCc1ccc(C(C)Nc2cccc3cn[nH]c23)cc1. The smallest absolute Gasteiger partial charge is 0.0881 e. The Morgan fingerprint density at radius 2 is 1.95 bits per heavy atom. The lowest BCUT2D eigenvalue weighted by molar-refractivity contribution is 0.883. The molecule has 0 saturated heterocycles. The number of hydrogen-bond acceptors (Lipinski definition) is 2. The average molecular weight is 265 g/mol. The molecule has 3 heteroatoms. The van der Waals surface area contributed by atoms with E-state index in [1.165, 1.54) is 11.1 Å². The minimum atomic E-state index is 0.259. The predicted molar refractivity (Wildman–Crippen MR) is 84.0 cm³/mol. The van der Waals surface area contributed by atoms with Gasteiger partial charge < -0.3 is 5.32 Å². The Morgan fingerprint density at radius 1 is 1.15 bits per heavy atom. The van der Waals surface area contributed by atoms with Crippen molar-refractivity contribution in [3.8, 4) is 0 Å². The van der Waals surface area contributed by atoms with Crippen molar-refractivity contribution in [2.45, 2.75) is 26.3 Å². The van der Waals surface area contributed by atoms with E-state index in [2.05, 4.69) is 65.8 Å². The molecule has 0 aliphatic carbocycles. The molecule has 1 heterocycles. The van der Waals surface area contributed by atoms with Gasteiger partial charge in [-0.1, -0.05) is 43.3 Å². The second-order valence-corrected chi connectivity index (χ2v) is 5.10. The second-order valence-electron chi connectivity index (χ2n) is 5.10. The molecule has 102 valence electrons. The number of nitrogens with one attached hydrogen (secondary N) is 2. The van der Waals surface area contributed by atoms with Gasteiger partial charge in [-0.2, -0.15) is 5.10 Å². The number of aromatic amines is 1. The molecule has 0 aliphatic heterocycles. The maximum atomic E-state index is 4.10. The van der Waals surface area contributed by atoms with Crippen LogP contribution in [0.1, 0.15) is 31.0 Å². The monoisotopic (exact) mass is 265 g/mol. The zero-order chi connectivity index (χ0) is 13.9. The van der Waals surface area contributed by atoms with Crippen LogP contribution in [0.25, 0.3) is 10.9 Å². The third-order valence-corrected chi connectivity index (χ3v) is 3.74. The van der Waals surface area contributed by atoms with E-state index in [4.69, 9.17) is 0 Å². The van der Waals surface area contributed by atoms with Gasteiger partial charge >= 0.3 is 0 Å². The topological polar surface area (TPSA) is 40.7 Å². The Labute approximate surface area is 119 Å². The molecule has 0 fully saturated rings. The van der Waals surface area contributed by atoms with Crippen LogP contribution < -0.4 is 5.32 Å². The maximum absolute atomic E-state index is 4.10. The minimum Gasteiger partial charge on any atom is -0.377 e. The maximum Gasteiger partial charge on any atom is 0.0881 e. The zero-order valence-electron chi connectivity index (χ0n) is 11.9. The van der Waals surface area contributed by atoms with Crippen LogP contribution in [-0.4, -0.2) is 10.2 Å². The van der Waals surface area contributed by atoms with Gasteiger partial charge in [0.25, 0.3) is 0 Å². The summed E-state index contributed by atoms with van der Waals surface area (Å²) in [6.45, 7) is 4.35. The Hall–Kier alpha value is -2.29. The van der Waals surface area contributed by atoms with E-state index in [0.717, 1.165) is 23.0 Å². The summed E-state index contributed by atoms with van der Waals surface area (Å²) in [5.41, 5.74) is 4.81. The van der Waals surface area contributed by atoms with Crippen molar-refractivity contribution in [3.05, 3.63) is 59.8 Å². The minimum absolute atomic E-state index is 0.259. The van der Waals surface area contributed by atoms with Crippen molar-refractivity contribution in [3.63, 3.8) is 0 Å². The highest BCUT2D eigenvalue weighted by Crippen LogP contribution is 2.25. The number of H-pyrrole nitrogens is 1. The van der Waals surface area contributed by atoms with Crippen LogP contribution >= 0.6 is 0 Å². The summed E-state index contributed by atoms with van der Waals surface area (Å²) in [5, 5.41) is 11.8. The quantitative estimate of drug-likeness (QED) is 0.738. The molecule has 1 unspecified atom stereocenters. The van der Waals surface area contributed by atoms with Gasteiger partial charge in [0, 0.05) is 11.4 Å². The van der Waals surface area contributed by atoms with Crippen LogP contribution in [0.4, 0.5) is 5.69 Å². The number of aromatic nitrogens is 2. The average Bonchev–Trinajstić information content (AvgIpc) is 2.97. The van der Waals surface area contributed by atoms with Crippen LogP contribution in [0.5, 0.6) is 0 Å². The molecular weight excluding hydrogens is 246 g/mol. The molecule has 2 aromatic carbocycles. The molecule has 1 atom stereocenters. The molecule has 3 rings (SSSR count). The Balaban J connectivity index is 1.84. The first kappa shape index (κ1) is 12.7. The van der Waals surface area contributed by atoms with E-state index >= 15 is 0 Å². The molecule has 0 saturated carbocycles. The highest BCUT2D eigenvalue weighted by Gasteiger charge is 2.08. The van der Waals surface area contributed by atoms with E-state index in [1.807, 2.05) is 12.3 Å². The Morgan fingerprint density at radius 3 is 2.70 bits per heavy atom. The molecule has 3 nitrogen and oxygen atoms in total. The molecule has 0 bridgehead atoms. The number of nitrogens with zero attached hydrogens (tertiary/aromatic N) is 1. The lowest BCUT2D eigenvalue weighted by atomic mass is 10.0. The van der Waals surface area contributed by atoms with Crippen molar-refractivity contribution in [2.75, 3.05) is 5.32 Å². The molecule has 0 radical (unpaired) electrons. The van der Waals surface area contributed by atoms with Gasteiger partial charge in [-0.25, -0.2) is 0 Å². The summed E-state index contributed by atoms with van der Waals surface area (Å²) in [5.74, 6) is 0. The number of aryl methyl sites for hydroxylation is 1. The third kappa shape index (κ3) is 2.39. The molecule has 1 aromatic heterocycles. The summed E-state index contributed by atoms with van der Waals surface area (Å²) >= 11 is 0. The summed E-state index contributed by atoms with van der Waals surface area (Å²) in [6, 6.07) is 15.2. The van der Waals surface area contributed by atoms with Crippen molar-refractivity contribution in [1.29, 1.82) is 0 Å². The fourth-order valence-corrected chi connectivity index (χ4v) is 2.45. The molecule has 2 N–H and O–H groups in total. The summed E-state index contributed by atoms with van der Waals surface area (Å²) < 4.78 is 0. The number of benzene rings is 2. The summed E-state index contributed by atoms with van der Waals surface area (Å²) in [4.78, 5) is 0. The van der Waals surface area contributed by atoms with E-state index in [-0.39, 0.29) is 6.04 Å². The van der Waals surface area contributed by atoms with Crippen LogP contribution in [0.3, 0.4) is 0 Å². The third-order valence-electron chi connectivity index (χ3n) is 3.74. The number of hydrogen-bond donors (Lipinski definition) is 2. The first-order chi connectivity index (χ1) is 9.78. The van der Waals surface area contributed by atoms with Gasteiger partial charge in [0.05, 0.1) is 17.4 Å². The summed E-state index contributed by atoms with van der Waals surface area (Å²) in [7, 11) is 0. The van der Waals surface area contributed by atoms with Crippen molar-refractivity contribution < 1.29 is 0 Å². The molecule has 0 aliphatic rings. The van der Waals surface area contributed by atoms with Gasteiger partial charge in [-0.3, -0.25) is 5.10 Å². The van der Waals surface area contributed by atoms with Gasteiger partial charge in [0.15, 0.2) is 0 Å². The van der Waals surface area contributed by atoms with Crippen LogP contribution in [0.15, 0.2) is 48.7 Å². The van der Waals surface area contributed by atoms with Crippen molar-refractivity contribution in [1.82, 2.24) is 10.2 Å². The highest BCUT2D eigenvalue weighted by molar-refractivity contribution is 5.90. The number of rotatable bonds is 4. The normalized spacial score (nSPS) is 12.5. The van der Waals surface area contributed by atoms with Crippen LogP contribution in [0, 0.1) is 0 Å². The highest BCUT2D eigenvalue weighted by atomic mass is 15.1. The largest absolute Gasteiger partial charge is 0.377 e. The fourth-order valence-electron chi connectivity index (χ4n) is 2.45. The van der Waals surface area contributed by atoms with Crippen molar-refractivity contribution >= 4 is 16.6 Å². The van der Waals surface area contributed by atoms with Gasteiger partial charge in [-0.05, 0) is 30.5 Å². The van der Waals surface area contributed by atoms with Crippen LogP contribution in [0.2, 0.25) is 0 Å². The van der Waals surface area contributed by atoms with Gasteiger partial charge in [0.1, 0.15) is 0 Å². The van der Waals surface area contributed by atoms with Crippen molar-refractivity contribution in [2.24, 2.45) is 0 Å². The second kappa shape index (κ2) is 5.37. The molecule has 3 aromatic rings. The number of anilines is 1. The predicted octanol–water partition coefficient (Wildman–Crippen LogP) is 4.30. The number of fused-ring (bicyclic) bond motifs is 1. The van der Waals surface area contributed by atoms with E-state index in [1.54, 1.807) is 0 Å². The number of para-hydroxylation sites is 1. The molecule has 20 heavy (non-hydrogen) atoms.